The van der Waals surface area contributed by atoms with Crippen molar-refractivity contribution in [1.29, 1.82) is 0 Å². The Hall–Kier alpha value is -3.00. The lowest BCUT2D eigenvalue weighted by atomic mass is 10.2. The Kier molecular flexibility index (Phi) is 5.36. The van der Waals surface area contributed by atoms with Crippen molar-refractivity contribution in [2.45, 2.75) is 20.3 Å². The Labute approximate surface area is 160 Å². The molecule has 0 bridgehead atoms. The summed E-state index contributed by atoms with van der Waals surface area (Å²) in [4.78, 5) is 35.1. The summed E-state index contributed by atoms with van der Waals surface area (Å²) < 4.78 is 0. The fourth-order valence-corrected chi connectivity index (χ4v) is 3.66. The number of H-pyrrole nitrogens is 1. The maximum absolute atomic E-state index is 12.2. The van der Waals surface area contributed by atoms with Gasteiger partial charge in [0.2, 0.25) is 5.91 Å². The minimum atomic E-state index is -0.344. The molecule has 0 atom stereocenters. The van der Waals surface area contributed by atoms with Crippen molar-refractivity contribution >= 4 is 39.4 Å². The van der Waals surface area contributed by atoms with Gasteiger partial charge in [0.15, 0.2) is 0 Å². The van der Waals surface area contributed by atoms with E-state index in [2.05, 4.69) is 20.5 Å². The van der Waals surface area contributed by atoms with Gasteiger partial charge in [0, 0.05) is 24.7 Å². The van der Waals surface area contributed by atoms with E-state index in [4.69, 9.17) is 0 Å². The van der Waals surface area contributed by atoms with Crippen LogP contribution in [0.2, 0.25) is 0 Å². The Balaban J connectivity index is 1.65. The zero-order chi connectivity index (χ0) is 19.6. The van der Waals surface area contributed by atoms with Crippen molar-refractivity contribution in [2.24, 2.45) is 5.10 Å². The third-order valence-electron chi connectivity index (χ3n) is 4.23. The Morgan fingerprint density at radius 2 is 2.00 bits per heavy atom. The Morgan fingerprint density at radius 1 is 1.30 bits per heavy atom. The number of amides is 1. The lowest BCUT2D eigenvalue weighted by Crippen LogP contribution is -2.23. The number of carbonyl (C=O) groups excluding carboxylic acids is 1. The highest BCUT2D eigenvalue weighted by Crippen LogP contribution is 2.25. The molecule has 0 saturated heterocycles. The molecule has 0 radical (unpaired) electrons. The topological polar surface area (TPSA) is 90.4 Å². The highest BCUT2D eigenvalue weighted by atomic mass is 32.1. The molecule has 140 valence electrons. The van der Waals surface area contributed by atoms with Crippen molar-refractivity contribution < 1.29 is 4.79 Å². The van der Waals surface area contributed by atoms with Crippen LogP contribution in [0.25, 0.3) is 10.2 Å². The van der Waals surface area contributed by atoms with Crippen LogP contribution >= 0.6 is 11.3 Å². The number of benzene rings is 1. The van der Waals surface area contributed by atoms with E-state index in [9.17, 15) is 9.59 Å². The molecule has 0 unspecified atom stereocenters. The lowest BCUT2D eigenvalue weighted by molar-refractivity contribution is -0.120. The highest BCUT2D eigenvalue weighted by molar-refractivity contribution is 7.18. The molecule has 3 rings (SSSR count). The van der Waals surface area contributed by atoms with Gasteiger partial charge in [-0.25, -0.2) is 10.4 Å². The third-order valence-corrected chi connectivity index (χ3v) is 5.33. The number of hydrazone groups is 1. The molecule has 0 aliphatic rings. The normalized spacial score (nSPS) is 11.3. The van der Waals surface area contributed by atoms with E-state index < -0.39 is 0 Å². The van der Waals surface area contributed by atoms with Crippen molar-refractivity contribution in [3.05, 3.63) is 56.4 Å². The maximum Gasteiger partial charge on any atom is 0.259 e. The van der Waals surface area contributed by atoms with Crippen LogP contribution in [0.4, 0.5) is 5.69 Å². The van der Waals surface area contributed by atoms with Crippen LogP contribution in [0.3, 0.4) is 0 Å². The summed E-state index contributed by atoms with van der Waals surface area (Å²) in [5, 5.41) is 4.56. The first kappa shape index (κ1) is 18.8. The molecular formula is C19H21N5O2S. The van der Waals surface area contributed by atoms with Gasteiger partial charge in [-0.3, -0.25) is 9.59 Å². The van der Waals surface area contributed by atoms with Gasteiger partial charge < -0.3 is 9.88 Å². The van der Waals surface area contributed by atoms with Gasteiger partial charge in [-0.05, 0) is 37.1 Å². The molecule has 1 amide bonds. The summed E-state index contributed by atoms with van der Waals surface area (Å²) in [5.74, 6) is -0.0135. The molecule has 1 aromatic carbocycles. The molecular weight excluding hydrogens is 362 g/mol. The first-order chi connectivity index (χ1) is 12.8. The molecule has 0 spiro atoms. The monoisotopic (exact) mass is 383 g/mol. The smallest absolute Gasteiger partial charge is 0.259 e. The SMILES string of the molecule is Cc1sc2nc(CC(=O)N/N=C\c3ccc(N(C)C)cc3)[nH]c(=O)c2c1C. The number of aryl methyl sites for hydroxylation is 2. The number of fused-ring (bicyclic) bond motifs is 1. The van der Waals surface area contributed by atoms with Crippen LogP contribution < -0.4 is 15.9 Å². The molecule has 2 heterocycles. The summed E-state index contributed by atoms with van der Waals surface area (Å²) in [6.07, 6.45) is 1.53. The summed E-state index contributed by atoms with van der Waals surface area (Å²) in [6, 6.07) is 7.77. The molecule has 3 aromatic rings. The maximum atomic E-state index is 12.2. The largest absolute Gasteiger partial charge is 0.378 e. The van der Waals surface area contributed by atoms with E-state index in [0.717, 1.165) is 21.7 Å². The summed E-state index contributed by atoms with van der Waals surface area (Å²) in [7, 11) is 3.94. The average Bonchev–Trinajstić information content (AvgIpc) is 2.89. The second-order valence-corrected chi connectivity index (χ2v) is 7.64. The molecule has 0 aliphatic heterocycles. The Morgan fingerprint density at radius 3 is 2.67 bits per heavy atom. The average molecular weight is 383 g/mol. The predicted molar refractivity (Wildman–Crippen MR) is 110 cm³/mol. The number of hydrogen-bond acceptors (Lipinski definition) is 6. The Bertz CT molecular complexity index is 1060. The van der Waals surface area contributed by atoms with E-state index >= 15 is 0 Å². The van der Waals surface area contributed by atoms with E-state index in [1.165, 1.54) is 11.3 Å². The third kappa shape index (κ3) is 4.22. The number of anilines is 1. The summed E-state index contributed by atoms with van der Waals surface area (Å²) >= 11 is 1.46. The van der Waals surface area contributed by atoms with Crippen LogP contribution in [0.1, 0.15) is 21.8 Å². The van der Waals surface area contributed by atoms with Crippen LogP contribution in [-0.4, -0.2) is 36.2 Å². The van der Waals surface area contributed by atoms with E-state index in [1.54, 1.807) is 6.21 Å². The van der Waals surface area contributed by atoms with Crippen LogP contribution in [0.5, 0.6) is 0 Å². The van der Waals surface area contributed by atoms with Gasteiger partial charge in [0.05, 0.1) is 18.0 Å². The summed E-state index contributed by atoms with van der Waals surface area (Å²) in [5.41, 5.74) is 5.14. The number of nitrogens with one attached hydrogen (secondary N) is 2. The highest BCUT2D eigenvalue weighted by Gasteiger charge is 2.13. The second-order valence-electron chi connectivity index (χ2n) is 6.43. The minimum absolute atomic E-state index is 0.0436. The van der Waals surface area contributed by atoms with Crippen molar-refractivity contribution in [1.82, 2.24) is 15.4 Å². The predicted octanol–water partition coefficient (Wildman–Crippen LogP) is 2.36. The van der Waals surface area contributed by atoms with Gasteiger partial charge in [0.25, 0.3) is 5.56 Å². The second kappa shape index (κ2) is 7.71. The summed E-state index contributed by atoms with van der Waals surface area (Å²) in [6.45, 7) is 3.85. The zero-order valence-electron chi connectivity index (χ0n) is 15.7. The van der Waals surface area contributed by atoms with E-state index in [0.29, 0.717) is 16.0 Å². The van der Waals surface area contributed by atoms with Crippen molar-refractivity contribution in [3.8, 4) is 0 Å². The molecule has 7 nitrogen and oxygen atoms in total. The molecule has 0 fully saturated rings. The van der Waals surface area contributed by atoms with Gasteiger partial charge in [-0.15, -0.1) is 11.3 Å². The van der Waals surface area contributed by atoms with Crippen molar-refractivity contribution in [3.63, 3.8) is 0 Å². The number of aromatic nitrogens is 2. The van der Waals surface area contributed by atoms with E-state index in [-0.39, 0.29) is 17.9 Å². The zero-order valence-corrected chi connectivity index (χ0v) is 16.5. The van der Waals surface area contributed by atoms with Gasteiger partial charge >= 0.3 is 0 Å². The number of hydrogen-bond donors (Lipinski definition) is 2. The van der Waals surface area contributed by atoms with Crippen LogP contribution in [-0.2, 0) is 11.2 Å². The quantitative estimate of drug-likeness (QED) is 0.523. The minimum Gasteiger partial charge on any atom is -0.378 e. The van der Waals surface area contributed by atoms with Gasteiger partial charge in [-0.2, -0.15) is 5.10 Å². The first-order valence-corrected chi connectivity index (χ1v) is 9.25. The number of aromatic amines is 1. The molecule has 0 aliphatic carbocycles. The van der Waals surface area contributed by atoms with E-state index in [1.807, 2.05) is 57.1 Å². The fourth-order valence-electron chi connectivity index (χ4n) is 2.61. The number of nitrogens with zero attached hydrogens (tertiary/aromatic N) is 3. The molecule has 2 N–H and O–H groups in total. The standard InChI is InChI=1S/C19H21N5O2S/c1-11-12(2)27-19-17(11)18(26)21-15(22-19)9-16(25)23-20-10-13-5-7-14(8-6-13)24(3)4/h5-8,10H,9H2,1-4H3,(H,23,25)(H,21,22,26)/b20-10-. The van der Waals surface area contributed by atoms with Crippen LogP contribution in [0, 0.1) is 13.8 Å². The number of carbonyl (C=O) groups is 1. The molecule has 0 saturated carbocycles. The van der Waals surface area contributed by atoms with Crippen LogP contribution in [0.15, 0.2) is 34.2 Å². The number of rotatable bonds is 5. The van der Waals surface area contributed by atoms with Gasteiger partial charge in [0.1, 0.15) is 10.7 Å². The lowest BCUT2D eigenvalue weighted by Gasteiger charge is -2.11. The van der Waals surface area contributed by atoms with Crippen molar-refractivity contribution in [2.75, 3.05) is 19.0 Å². The number of thiophene rings is 1. The molecule has 2 aromatic heterocycles. The molecule has 8 heteroatoms. The first-order valence-electron chi connectivity index (χ1n) is 8.43. The molecule has 27 heavy (non-hydrogen) atoms. The fraction of sp³-hybridized carbons (Fsp3) is 0.263. The van der Waals surface area contributed by atoms with Gasteiger partial charge in [-0.1, -0.05) is 12.1 Å².